The molecule has 0 radical (unpaired) electrons. The van der Waals surface area contributed by atoms with Crippen molar-refractivity contribution in [3.05, 3.63) is 70.4 Å². The summed E-state index contributed by atoms with van der Waals surface area (Å²) >= 11 is 0. The fraction of sp³-hybridized carbons (Fsp3) is 0.400. The van der Waals surface area contributed by atoms with Gasteiger partial charge in [0.2, 0.25) is 0 Å². The van der Waals surface area contributed by atoms with Crippen molar-refractivity contribution in [2.24, 2.45) is 0 Å². The summed E-state index contributed by atoms with van der Waals surface area (Å²) in [7, 11) is 2.17. The zero-order valence-electron chi connectivity index (χ0n) is 17.8. The van der Waals surface area contributed by atoms with Gasteiger partial charge in [-0.2, -0.15) is 0 Å². The van der Waals surface area contributed by atoms with Crippen LogP contribution in [-0.4, -0.2) is 53.9 Å². The van der Waals surface area contributed by atoms with Gasteiger partial charge in [0.25, 0.3) is 5.91 Å². The van der Waals surface area contributed by atoms with Crippen molar-refractivity contribution in [1.82, 2.24) is 14.8 Å². The molecule has 1 aromatic heterocycles. The topological polar surface area (TPSA) is 39.3 Å². The number of fused-ring (bicyclic) bond motifs is 2. The third-order valence-electron chi connectivity index (χ3n) is 6.42. The number of H-pyrrole nitrogens is 1. The summed E-state index contributed by atoms with van der Waals surface area (Å²) in [6, 6.07) is 12.6. The van der Waals surface area contributed by atoms with Gasteiger partial charge in [0, 0.05) is 42.3 Å². The molecule has 4 rings (SSSR count). The van der Waals surface area contributed by atoms with Gasteiger partial charge in [0.15, 0.2) is 0 Å². The summed E-state index contributed by atoms with van der Waals surface area (Å²) in [6.45, 7) is 7.97. The third kappa shape index (κ3) is 4.08. The Balaban J connectivity index is 1.27. The molecule has 2 heterocycles. The van der Waals surface area contributed by atoms with Crippen LogP contribution in [0.3, 0.4) is 0 Å². The quantitative estimate of drug-likeness (QED) is 0.653. The number of benzene rings is 2. The first-order valence-corrected chi connectivity index (χ1v) is 10.7. The van der Waals surface area contributed by atoms with Gasteiger partial charge in [-0.25, -0.2) is 0 Å². The molecule has 0 unspecified atom stereocenters. The van der Waals surface area contributed by atoms with E-state index in [2.05, 4.69) is 67.3 Å². The predicted molar refractivity (Wildman–Crippen MR) is 120 cm³/mol. The number of nitrogens with one attached hydrogen (secondary N) is 1. The van der Waals surface area contributed by atoms with E-state index in [0.717, 1.165) is 51.0 Å². The molecule has 3 aromatic rings. The molecule has 0 bridgehead atoms. The minimum Gasteiger partial charge on any atom is -0.361 e. The molecule has 0 saturated heterocycles. The maximum atomic E-state index is 12.9. The lowest BCUT2D eigenvalue weighted by molar-refractivity contribution is 0.0733. The Morgan fingerprint density at radius 1 is 1.10 bits per heavy atom. The summed E-state index contributed by atoms with van der Waals surface area (Å²) in [6.07, 6.45) is 5.16. The molecule has 152 valence electrons. The van der Waals surface area contributed by atoms with Crippen LogP contribution in [0.15, 0.2) is 42.6 Å². The lowest BCUT2D eigenvalue weighted by Gasteiger charge is -2.30. The smallest absolute Gasteiger partial charge is 0.254 e. The number of aryl methyl sites for hydroxylation is 1. The van der Waals surface area contributed by atoms with Crippen molar-refractivity contribution in [1.29, 1.82) is 0 Å². The predicted octanol–water partition coefficient (Wildman–Crippen LogP) is 4.35. The summed E-state index contributed by atoms with van der Waals surface area (Å²) in [5.74, 6) is 0.204. The molecular formula is C25H31N3O. The second-order valence-electron chi connectivity index (χ2n) is 8.34. The molecule has 0 fully saturated rings. The number of hydrogen-bond donors (Lipinski definition) is 1. The van der Waals surface area contributed by atoms with Gasteiger partial charge < -0.3 is 14.8 Å². The van der Waals surface area contributed by atoms with Gasteiger partial charge in [-0.3, -0.25) is 4.79 Å². The second kappa shape index (κ2) is 8.42. The maximum Gasteiger partial charge on any atom is 0.254 e. The van der Waals surface area contributed by atoms with E-state index < -0.39 is 0 Å². The van der Waals surface area contributed by atoms with Crippen LogP contribution in [0.1, 0.15) is 39.0 Å². The van der Waals surface area contributed by atoms with E-state index in [-0.39, 0.29) is 5.91 Å². The molecule has 1 aliphatic heterocycles. The highest BCUT2D eigenvalue weighted by atomic mass is 16.2. The van der Waals surface area contributed by atoms with Crippen LogP contribution in [0.25, 0.3) is 10.9 Å². The number of carbonyl (C=O) groups excluding carboxylic acids is 1. The average molecular weight is 390 g/mol. The monoisotopic (exact) mass is 389 g/mol. The van der Waals surface area contributed by atoms with Crippen molar-refractivity contribution >= 4 is 16.8 Å². The molecule has 1 amide bonds. The zero-order chi connectivity index (χ0) is 20.4. The van der Waals surface area contributed by atoms with Crippen LogP contribution < -0.4 is 0 Å². The second-order valence-corrected chi connectivity index (χ2v) is 8.34. The SMILES string of the molecule is Cc1ccc2c(c1C)CCN(CCCN(C)CCc1c[nH]c3ccccc13)C2=O. The molecule has 4 nitrogen and oxygen atoms in total. The molecule has 1 aliphatic rings. The van der Waals surface area contributed by atoms with Crippen LogP contribution >= 0.6 is 0 Å². The molecule has 0 aliphatic carbocycles. The van der Waals surface area contributed by atoms with Crippen molar-refractivity contribution < 1.29 is 4.79 Å². The zero-order valence-corrected chi connectivity index (χ0v) is 17.8. The van der Waals surface area contributed by atoms with E-state index in [1.54, 1.807) is 0 Å². The van der Waals surface area contributed by atoms with E-state index in [9.17, 15) is 4.79 Å². The summed E-state index contributed by atoms with van der Waals surface area (Å²) in [5, 5.41) is 1.32. The highest BCUT2D eigenvalue weighted by Crippen LogP contribution is 2.24. The Labute approximate surface area is 173 Å². The number of likely N-dealkylation sites (N-methyl/N-ethyl adjacent to an activating group) is 1. The number of amides is 1. The number of nitrogens with zero attached hydrogens (tertiary/aromatic N) is 2. The van der Waals surface area contributed by atoms with Crippen molar-refractivity contribution in [3.8, 4) is 0 Å². The lowest BCUT2D eigenvalue weighted by atomic mass is 9.91. The van der Waals surface area contributed by atoms with Crippen LogP contribution in [-0.2, 0) is 12.8 Å². The molecule has 4 heteroatoms. The van der Waals surface area contributed by atoms with Gasteiger partial charge >= 0.3 is 0 Å². The fourth-order valence-corrected chi connectivity index (χ4v) is 4.42. The summed E-state index contributed by atoms with van der Waals surface area (Å²) in [5.41, 5.74) is 7.31. The van der Waals surface area contributed by atoms with Crippen LogP contribution in [0, 0.1) is 13.8 Å². The van der Waals surface area contributed by atoms with Gasteiger partial charge in [0.1, 0.15) is 0 Å². The van der Waals surface area contributed by atoms with E-state index in [0.29, 0.717) is 0 Å². The van der Waals surface area contributed by atoms with Crippen LogP contribution in [0.4, 0.5) is 0 Å². The maximum absolute atomic E-state index is 12.9. The Hall–Kier alpha value is -2.59. The largest absolute Gasteiger partial charge is 0.361 e. The standard InChI is InChI=1S/C25H31N3O/c1-18-9-10-23-21(19(18)2)12-16-28(25(23)29)14-6-13-27(3)15-11-20-17-26-24-8-5-4-7-22(20)24/h4-5,7-10,17,26H,6,11-16H2,1-3H3. The number of aromatic nitrogens is 1. The number of carbonyl (C=O) groups is 1. The Kier molecular flexibility index (Phi) is 5.72. The molecular weight excluding hydrogens is 358 g/mol. The van der Waals surface area contributed by atoms with E-state index in [4.69, 9.17) is 0 Å². The van der Waals surface area contributed by atoms with E-state index in [1.807, 2.05) is 11.0 Å². The Bertz CT molecular complexity index is 1020. The number of hydrogen-bond acceptors (Lipinski definition) is 2. The van der Waals surface area contributed by atoms with Crippen molar-refractivity contribution in [2.45, 2.75) is 33.1 Å². The highest BCUT2D eigenvalue weighted by Gasteiger charge is 2.25. The molecule has 29 heavy (non-hydrogen) atoms. The normalized spacial score (nSPS) is 14.1. The number of aromatic amines is 1. The van der Waals surface area contributed by atoms with E-state index in [1.165, 1.54) is 33.2 Å². The first-order valence-electron chi connectivity index (χ1n) is 10.7. The fourth-order valence-electron chi connectivity index (χ4n) is 4.42. The minimum atomic E-state index is 0.204. The lowest BCUT2D eigenvalue weighted by Crippen LogP contribution is -2.39. The molecule has 0 atom stereocenters. The van der Waals surface area contributed by atoms with Crippen molar-refractivity contribution in [2.75, 3.05) is 33.2 Å². The molecule has 2 aromatic carbocycles. The highest BCUT2D eigenvalue weighted by molar-refractivity contribution is 5.97. The van der Waals surface area contributed by atoms with Crippen LogP contribution in [0.2, 0.25) is 0 Å². The van der Waals surface area contributed by atoms with Gasteiger partial charge in [-0.05, 0) is 81.1 Å². The summed E-state index contributed by atoms with van der Waals surface area (Å²) in [4.78, 5) is 20.6. The van der Waals surface area contributed by atoms with Gasteiger partial charge in [-0.1, -0.05) is 24.3 Å². The Morgan fingerprint density at radius 3 is 2.79 bits per heavy atom. The van der Waals surface area contributed by atoms with E-state index >= 15 is 0 Å². The first-order chi connectivity index (χ1) is 14.0. The third-order valence-corrected chi connectivity index (χ3v) is 6.42. The number of rotatable bonds is 7. The average Bonchev–Trinajstić information content (AvgIpc) is 3.14. The molecule has 0 saturated carbocycles. The van der Waals surface area contributed by atoms with Gasteiger partial charge in [-0.15, -0.1) is 0 Å². The Morgan fingerprint density at radius 2 is 1.93 bits per heavy atom. The summed E-state index contributed by atoms with van der Waals surface area (Å²) < 4.78 is 0. The van der Waals surface area contributed by atoms with Crippen LogP contribution in [0.5, 0.6) is 0 Å². The first kappa shape index (κ1) is 19.7. The van der Waals surface area contributed by atoms with Gasteiger partial charge in [0.05, 0.1) is 0 Å². The minimum absolute atomic E-state index is 0.204. The molecule has 0 spiro atoms. The van der Waals surface area contributed by atoms with Crippen molar-refractivity contribution in [3.63, 3.8) is 0 Å². The molecule has 1 N–H and O–H groups in total. The number of para-hydroxylation sites is 1.